The summed E-state index contributed by atoms with van der Waals surface area (Å²) in [5.41, 5.74) is 0. The molecule has 2 unspecified atom stereocenters. The second kappa shape index (κ2) is 7.36. The fraction of sp³-hybridized carbons (Fsp3) is 1.00. The summed E-state index contributed by atoms with van der Waals surface area (Å²) in [7, 11) is -0.606. The minimum Gasteiger partial charge on any atom is -0.311 e. The fourth-order valence-electron chi connectivity index (χ4n) is 2.01. The molecule has 0 aromatic carbocycles. The molecular weight excluding hydrogens is 208 g/mol. The first kappa shape index (κ1) is 13.1. The Morgan fingerprint density at radius 2 is 2.27 bits per heavy atom. The van der Waals surface area contributed by atoms with Gasteiger partial charge in [-0.2, -0.15) is 0 Å². The molecule has 4 heteroatoms. The lowest BCUT2D eigenvalue weighted by atomic mass is 10.1. The van der Waals surface area contributed by atoms with Crippen molar-refractivity contribution >= 4 is 10.8 Å². The summed E-state index contributed by atoms with van der Waals surface area (Å²) in [6.45, 7) is 8.56. The van der Waals surface area contributed by atoms with Crippen LogP contribution in [0, 0.1) is 0 Å². The van der Waals surface area contributed by atoms with Crippen molar-refractivity contribution in [2.45, 2.75) is 32.7 Å². The Balaban J connectivity index is 2.21. The van der Waals surface area contributed by atoms with Gasteiger partial charge in [0.25, 0.3) is 0 Å². The van der Waals surface area contributed by atoms with Gasteiger partial charge in [-0.3, -0.25) is 9.11 Å². The van der Waals surface area contributed by atoms with E-state index in [1.54, 1.807) is 0 Å². The summed E-state index contributed by atoms with van der Waals surface area (Å²) in [4.78, 5) is 2.45. The molecular formula is C11H24N2OS. The molecule has 1 saturated heterocycles. The van der Waals surface area contributed by atoms with E-state index >= 15 is 0 Å². The molecule has 1 N–H and O–H groups in total. The van der Waals surface area contributed by atoms with E-state index < -0.39 is 10.8 Å². The fourth-order valence-corrected chi connectivity index (χ4v) is 2.76. The van der Waals surface area contributed by atoms with Crippen LogP contribution in [0.15, 0.2) is 0 Å². The van der Waals surface area contributed by atoms with Crippen molar-refractivity contribution < 1.29 is 4.21 Å². The normalized spacial score (nSPS) is 25.3. The third kappa shape index (κ3) is 5.09. The van der Waals surface area contributed by atoms with Gasteiger partial charge in [0.2, 0.25) is 0 Å². The third-order valence-corrected chi connectivity index (χ3v) is 4.22. The number of piperazine rings is 1. The monoisotopic (exact) mass is 232 g/mol. The van der Waals surface area contributed by atoms with Crippen LogP contribution < -0.4 is 5.32 Å². The van der Waals surface area contributed by atoms with Gasteiger partial charge >= 0.3 is 0 Å². The van der Waals surface area contributed by atoms with Crippen LogP contribution in [-0.4, -0.2) is 52.8 Å². The highest BCUT2D eigenvalue weighted by atomic mass is 32.2. The Morgan fingerprint density at radius 1 is 1.47 bits per heavy atom. The van der Waals surface area contributed by atoms with E-state index in [1.165, 1.54) is 12.8 Å². The highest BCUT2D eigenvalue weighted by Gasteiger charge is 2.18. The zero-order chi connectivity index (χ0) is 11.1. The SMILES string of the molecule is CCCC1CN(CCS(=O)CC)CCN1. The van der Waals surface area contributed by atoms with Crippen LogP contribution in [0.2, 0.25) is 0 Å². The largest absolute Gasteiger partial charge is 0.311 e. The van der Waals surface area contributed by atoms with Crippen molar-refractivity contribution in [1.82, 2.24) is 10.2 Å². The lowest BCUT2D eigenvalue weighted by molar-refractivity contribution is 0.204. The van der Waals surface area contributed by atoms with Crippen molar-refractivity contribution in [3.05, 3.63) is 0 Å². The van der Waals surface area contributed by atoms with Gasteiger partial charge in [0.1, 0.15) is 0 Å². The summed E-state index contributed by atoms with van der Waals surface area (Å²) in [5, 5.41) is 3.53. The molecule has 0 bridgehead atoms. The molecule has 3 nitrogen and oxygen atoms in total. The second-order valence-corrected chi connectivity index (χ2v) is 6.04. The van der Waals surface area contributed by atoms with Crippen LogP contribution in [0.4, 0.5) is 0 Å². The van der Waals surface area contributed by atoms with Crippen molar-refractivity contribution in [1.29, 1.82) is 0 Å². The van der Waals surface area contributed by atoms with E-state index in [2.05, 4.69) is 17.1 Å². The average molecular weight is 232 g/mol. The molecule has 0 radical (unpaired) electrons. The second-order valence-electron chi connectivity index (χ2n) is 4.17. The molecule has 0 aromatic heterocycles. The van der Waals surface area contributed by atoms with Gasteiger partial charge in [-0.1, -0.05) is 20.3 Å². The Kier molecular flexibility index (Phi) is 6.45. The Hall–Kier alpha value is 0.0700. The molecule has 0 amide bonds. The molecule has 1 fully saturated rings. The number of hydrogen-bond acceptors (Lipinski definition) is 3. The molecule has 90 valence electrons. The van der Waals surface area contributed by atoms with Gasteiger partial charge in [-0.05, 0) is 6.42 Å². The lowest BCUT2D eigenvalue weighted by Crippen LogP contribution is -2.51. The van der Waals surface area contributed by atoms with Crippen LogP contribution in [0.25, 0.3) is 0 Å². The summed E-state index contributed by atoms with van der Waals surface area (Å²) < 4.78 is 11.3. The van der Waals surface area contributed by atoms with Crippen LogP contribution in [0.3, 0.4) is 0 Å². The number of nitrogens with one attached hydrogen (secondary N) is 1. The molecule has 0 aromatic rings. The number of rotatable bonds is 6. The third-order valence-electron chi connectivity index (χ3n) is 2.93. The van der Waals surface area contributed by atoms with Crippen molar-refractivity contribution in [2.24, 2.45) is 0 Å². The molecule has 0 saturated carbocycles. The molecule has 1 aliphatic rings. The summed E-state index contributed by atoms with van der Waals surface area (Å²) in [5.74, 6) is 1.64. The zero-order valence-electron chi connectivity index (χ0n) is 10.00. The van der Waals surface area contributed by atoms with Gasteiger partial charge < -0.3 is 5.32 Å². The van der Waals surface area contributed by atoms with Crippen molar-refractivity contribution in [3.63, 3.8) is 0 Å². The smallest absolute Gasteiger partial charge is 0.0362 e. The quantitative estimate of drug-likeness (QED) is 0.736. The summed E-state index contributed by atoms with van der Waals surface area (Å²) in [6, 6.07) is 0.652. The van der Waals surface area contributed by atoms with Gasteiger partial charge in [-0.15, -0.1) is 0 Å². The van der Waals surface area contributed by atoms with E-state index in [0.29, 0.717) is 6.04 Å². The Labute approximate surface area is 96.1 Å². The standard InChI is InChI=1S/C11H24N2OS/c1-3-5-11-10-13(7-6-12-11)8-9-15(14)4-2/h11-12H,3-10H2,1-2H3. The number of hydrogen-bond donors (Lipinski definition) is 1. The average Bonchev–Trinajstić information content (AvgIpc) is 2.27. The van der Waals surface area contributed by atoms with E-state index in [1.807, 2.05) is 6.92 Å². The minimum atomic E-state index is -0.606. The Morgan fingerprint density at radius 3 is 2.93 bits per heavy atom. The summed E-state index contributed by atoms with van der Waals surface area (Å²) >= 11 is 0. The highest BCUT2D eigenvalue weighted by Crippen LogP contribution is 2.04. The Bertz CT molecular complexity index is 197. The van der Waals surface area contributed by atoms with Crippen molar-refractivity contribution in [3.8, 4) is 0 Å². The van der Waals surface area contributed by atoms with E-state index in [4.69, 9.17) is 0 Å². The maximum Gasteiger partial charge on any atom is 0.0362 e. The van der Waals surface area contributed by atoms with Crippen LogP contribution in [0.5, 0.6) is 0 Å². The van der Waals surface area contributed by atoms with Gasteiger partial charge in [0.05, 0.1) is 0 Å². The van der Waals surface area contributed by atoms with Gasteiger partial charge in [-0.25, -0.2) is 0 Å². The topological polar surface area (TPSA) is 32.3 Å². The molecule has 1 rings (SSSR count). The van der Waals surface area contributed by atoms with Gasteiger partial charge in [0, 0.05) is 54.5 Å². The molecule has 2 atom stereocenters. The first-order chi connectivity index (χ1) is 7.26. The molecule has 0 spiro atoms. The molecule has 1 heterocycles. The predicted molar refractivity (Wildman–Crippen MR) is 66.7 cm³/mol. The predicted octanol–water partition coefficient (Wildman–Crippen LogP) is 0.829. The molecule has 1 aliphatic heterocycles. The van der Waals surface area contributed by atoms with Crippen molar-refractivity contribution in [2.75, 3.05) is 37.7 Å². The van der Waals surface area contributed by atoms with Crippen LogP contribution in [-0.2, 0) is 10.8 Å². The van der Waals surface area contributed by atoms with Crippen LogP contribution in [0.1, 0.15) is 26.7 Å². The zero-order valence-corrected chi connectivity index (χ0v) is 10.8. The summed E-state index contributed by atoms with van der Waals surface area (Å²) in [6.07, 6.45) is 2.50. The van der Waals surface area contributed by atoms with E-state index in [-0.39, 0.29) is 0 Å². The molecule has 15 heavy (non-hydrogen) atoms. The highest BCUT2D eigenvalue weighted by molar-refractivity contribution is 7.84. The van der Waals surface area contributed by atoms with E-state index in [0.717, 1.165) is 37.7 Å². The lowest BCUT2D eigenvalue weighted by Gasteiger charge is -2.33. The molecule has 0 aliphatic carbocycles. The minimum absolute atomic E-state index is 0.606. The maximum absolute atomic E-state index is 11.3. The number of nitrogens with zero attached hydrogens (tertiary/aromatic N) is 1. The van der Waals surface area contributed by atoms with Crippen LogP contribution >= 0.6 is 0 Å². The maximum atomic E-state index is 11.3. The van der Waals surface area contributed by atoms with E-state index in [9.17, 15) is 4.21 Å². The van der Waals surface area contributed by atoms with Gasteiger partial charge in [0.15, 0.2) is 0 Å². The first-order valence-electron chi connectivity index (χ1n) is 6.07. The first-order valence-corrected chi connectivity index (χ1v) is 7.55.